The average Bonchev–Trinajstić information content (AvgIpc) is 3.02. The molecule has 1 heterocycles. The van der Waals surface area contributed by atoms with Gasteiger partial charge >= 0.3 is 0 Å². The van der Waals surface area contributed by atoms with Crippen LogP contribution in [0.1, 0.15) is 43.7 Å². The van der Waals surface area contributed by atoms with Crippen LogP contribution < -0.4 is 11.3 Å². The maximum atomic E-state index is 5.92. The van der Waals surface area contributed by atoms with Crippen molar-refractivity contribution in [1.29, 1.82) is 0 Å². The third-order valence-corrected chi connectivity index (χ3v) is 5.72. The molecule has 0 radical (unpaired) electrons. The van der Waals surface area contributed by atoms with Gasteiger partial charge in [0.2, 0.25) is 0 Å². The van der Waals surface area contributed by atoms with Crippen molar-refractivity contribution in [3.05, 3.63) is 35.2 Å². The lowest BCUT2D eigenvalue weighted by Gasteiger charge is -2.35. The summed E-state index contributed by atoms with van der Waals surface area (Å²) in [5.41, 5.74) is 4.30. The van der Waals surface area contributed by atoms with Gasteiger partial charge in [-0.2, -0.15) is 0 Å². The largest absolute Gasteiger partial charge is 0.379 e. The lowest BCUT2D eigenvalue weighted by Crippen LogP contribution is -2.42. The minimum atomic E-state index is 0.0560. The smallest absolute Gasteiger partial charge is 0.0807 e. The zero-order valence-corrected chi connectivity index (χ0v) is 13.4. The Kier molecular flexibility index (Phi) is 4.91. The Balaban J connectivity index is 1.93. The highest BCUT2D eigenvalue weighted by atomic mass is 32.1. The summed E-state index contributed by atoms with van der Waals surface area (Å²) in [7, 11) is 1.82. The van der Waals surface area contributed by atoms with E-state index in [-0.39, 0.29) is 12.1 Å². The first kappa shape index (κ1) is 15.0. The van der Waals surface area contributed by atoms with Gasteiger partial charge in [0.15, 0.2) is 0 Å². The van der Waals surface area contributed by atoms with Crippen LogP contribution in [0.3, 0.4) is 0 Å². The zero-order valence-electron chi connectivity index (χ0n) is 12.5. The van der Waals surface area contributed by atoms with Crippen LogP contribution in [-0.2, 0) is 4.74 Å². The lowest BCUT2D eigenvalue weighted by atomic mass is 9.81. The van der Waals surface area contributed by atoms with E-state index in [1.165, 1.54) is 47.8 Å². The third kappa shape index (κ3) is 2.99. The van der Waals surface area contributed by atoms with Gasteiger partial charge in [0.05, 0.1) is 12.1 Å². The van der Waals surface area contributed by atoms with Crippen molar-refractivity contribution in [3.63, 3.8) is 0 Å². The first-order valence-electron chi connectivity index (χ1n) is 7.80. The van der Waals surface area contributed by atoms with Crippen LogP contribution in [0.25, 0.3) is 10.1 Å². The molecular weight excluding hydrogens is 280 g/mol. The van der Waals surface area contributed by atoms with Crippen molar-refractivity contribution in [1.82, 2.24) is 5.43 Å². The number of hydrogen-bond acceptors (Lipinski definition) is 4. The van der Waals surface area contributed by atoms with E-state index in [2.05, 4.69) is 35.1 Å². The minimum absolute atomic E-state index is 0.0560. The summed E-state index contributed by atoms with van der Waals surface area (Å²) in [4.78, 5) is 0. The number of nitrogens with one attached hydrogen (secondary N) is 1. The molecule has 3 rings (SSSR count). The highest BCUT2D eigenvalue weighted by Gasteiger charge is 2.32. The van der Waals surface area contributed by atoms with E-state index in [1.807, 2.05) is 7.11 Å². The number of rotatable bonds is 5. The number of nitrogens with two attached hydrogens (primary N) is 1. The molecule has 4 heteroatoms. The second-order valence-corrected chi connectivity index (χ2v) is 6.85. The van der Waals surface area contributed by atoms with E-state index in [4.69, 9.17) is 10.6 Å². The number of ether oxygens (including phenoxy) is 1. The first-order valence-corrected chi connectivity index (χ1v) is 8.68. The molecule has 1 aliphatic carbocycles. The van der Waals surface area contributed by atoms with Crippen molar-refractivity contribution in [2.45, 2.75) is 44.2 Å². The summed E-state index contributed by atoms with van der Waals surface area (Å²) in [5.74, 6) is 6.52. The number of fused-ring (bicyclic) bond motifs is 1. The highest BCUT2D eigenvalue weighted by Crippen LogP contribution is 2.37. The molecule has 3 nitrogen and oxygen atoms in total. The molecule has 3 N–H and O–H groups in total. The van der Waals surface area contributed by atoms with Gasteiger partial charge in [0, 0.05) is 11.8 Å². The molecule has 2 aromatic rings. The van der Waals surface area contributed by atoms with Gasteiger partial charge in [-0.1, -0.05) is 37.5 Å². The van der Waals surface area contributed by atoms with E-state index in [0.29, 0.717) is 5.92 Å². The molecule has 1 aliphatic rings. The fourth-order valence-corrected chi connectivity index (χ4v) is 4.64. The quantitative estimate of drug-likeness (QED) is 0.648. The standard InChI is InChI=1S/C17H24N2OS/c1-20-16(12-6-3-2-4-7-12)15(19-18)14-9-5-8-13-10-11-21-17(13)14/h5,8-12,15-16,19H,2-4,6-7,18H2,1H3. The average molecular weight is 304 g/mol. The number of thiophene rings is 1. The fourth-order valence-electron chi connectivity index (χ4n) is 3.69. The van der Waals surface area contributed by atoms with Crippen LogP contribution in [0.4, 0.5) is 0 Å². The Hall–Kier alpha value is -0.940. The van der Waals surface area contributed by atoms with Gasteiger partial charge in [-0.15, -0.1) is 11.3 Å². The third-order valence-electron chi connectivity index (χ3n) is 4.74. The molecule has 2 unspecified atom stereocenters. The van der Waals surface area contributed by atoms with Crippen LogP contribution in [0.15, 0.2) is 29.6 Å². The molecule has 0 aliphatic heterocycles. The molecule has 0 spiro atoms. The van der Waals surface area contributed by atoms with Crippen molar-refractivity contribution in [2.75, 3.05) is 7.11 Å². The molecule has 21 heavy (non-hydrogen) atoms. The lowest BCUT2D eigenvalue weighted by molar-refractivity contribution is 0.00789. The van der Waals surface area contributed by atoms with Gasteiger partial charge in [-0.05, 0) is 41.2 Å². The predicted molar refractivity (Wildman–Crippen MR) is 89.3 cm³/mol. The Morgan fingerprint density at radius 2 is 2.05 bits per heavy atom. The molecule has 2 atom stereocenters. The van der Waals surface area contributed by atoms with Crippen LogP contribution in [0.5, 0.6) is 0 Å². The second-order valence-electron chi connectivity index (χ2n) is 5.93. The summed E-state index contributed by atoms with van der Waals surface area (Å²) < 4.78 is 7.20. The topological polar surface area (TPSA) is 47.3 Å². The van der Waals surface area contributed by atoms with E-state index in [1.54, 1.807) is 11.3 Å². The maximum Gasteiger partial charge on any atom is 0.0807 e. The Bertz CT molecular complexity index is 577. The van der Waals surface area contributed by atoms with Gasteiger partial charge < -0.3 is 4.74 Å². The number of benzene rings is 1. The molecule has 1 aromatic heterocycles. The van der Waals surface area contributed by atoms with Crippen molar-refractivity contribution in [3.8, 4) is 0 Å². The van der Waals surface area contributed by atoms with Gasteiger partial charge in [-0.3, -0.25) is 11.3 Å². The Labute approximate surface area is 130 Å². The van der Waals surface area contributed by atoms with Gasteiger partial charge in [0.25, 0.3) is 0 Å². The van der Waals surface area contributed by atoms with Gasteiger partial charge in [-0.25, -0.2) is 0 Å². The monoisotopic (exact) mass is 304 g/mol. The molecule has 0 saturated heterocycles. The van der Waals surface area contributed by atoms with E-state index < -0.39 is 0 Å². The maximum absolute atomic E-state index is 5.92. The SMILES string of the molecule is COC(C1CCCCC1)C(NN)c1cccc2ccsc12. The second kappa shape index (κ2) is 6.88. The molecule has 0 amide bonds. The Morgan fingerprint density at radius 3 is 2.76 bits per heavy atom. The number of methoxy groups -OCH3 is 1. The molecule has 1 fully saturated rings. The van der Waals surface area contributed by atoms with Gasteiger partial charge in [0.1, 0.15) is 0 Å². The summed E-state index contributed by atoms with van der Waals surface area (Å²) in [6, 6.07) is 8.67. The Morgan fingerprint density at radius 1 is 1.24 bits per heavy atom. The van der Waals surface area contributed by atoms with Crippen LogP contribution in [-0.4, -0.2) is 13.2 Å². The van der Waals surface area contributed by atoms with Crippen LogP contribution in [0, 0.1) is 5.92 Å². The molecule has 1 saturated carbocycles. The zero-order chi connectivity index (χ0) is 14.7. The molecule has 114 valence electrons. The number of hydrogen-bond donors (Lipinski definition) is 2. The summed E-state index contributed by atoms with van der Waals surface area (Å²) in [6.07, 6.45) is 6.61. The normalized spacial score (nSPS) is 19.7. The summed E-state index contributed by atoms with van der Waals surface area (Å²) in [5, 5.41) is 3.43. The van der Waals surface area contributed by atoms with Crippen molar-refractivity contribution < 1.29 is 4.74 Å². The molecular formula is C17H24N2OS. The van der Waals surface area contributed by atoms with Crippen molar-refractivity contribution >= 4 is 21.4 Å². The minimum Gasteiger partial charge on any atom is -0.379 e. The summed E-state index contributed by atoms with van der Waals surface area (Å²) in [6.45, 7) is 0. The number of hydrazine groups is 1. The fraction of sp³-hybridized carbons (Fsp3) is 0.529. The van der Waals surface area contributed by atoms with Crippen LogP contribution in [0.2, 0.25) is 0 Å². The molecule has 0 bridgehead atoms. The molecule has 1 aromatic carbocycles. The van der Waals surface area contributed by atoms with E-state index >= 15 is 0 Å². The van der Waals surface area contributed by atoms with Crippen LogP contribution >= 0.6 is 11.3 Å². The van der Waals surface area contributed by atoms with E-state index in [9.17, 15) is 0 Å². The first-order chi connectivity index (χ1) is 10.3. The highest BCUT2D eigenvalue weighted by molar-refractivity contribution is 7.17. The van der Waals surface area contributed by atoms with E-state index in [0.717, 1.165) is 0 Å². The summed E-state index contributed by atoms with van der Waals surface area (Å²) >= 11 is 1.78. The predicted octanol–water partition coefficient (Wildman–Crippen LogP) is 4.00. The van der Waals surface area contributed by atoms with Crippen molar-refractivity contribution in [2.24, 2.45) is 11.8 Å².